The summed E-state index contributed by atoms with van der Waals surface area (Å²) in [5, 5.41) is 1.73. The Balaban J connectivity index is 1.67. The van der Waals surface area contributed by atoms with Crippen molar-refractivity contribution in [3.63, 3.8) is 0 Å². The summed E-state index contributed by atoms with van der Waals surface area (Å²) in [4.78, 5) is 28.9. The Morgan fingerprint density at radius 1 is 1.13 bits per heavy atom. The molecule has 1 aliphatic rings. The second-order valence-corrected chi connectivity index (χ2v) is 9.77. The molecule has 5 nitrogen and oxygen atoms in total. The number of nitrogens with zero attached hydrogens (tertiary/aromatic N) is 4. The van der Waals surface area contributed by atoms with Crippen LogP contribution >= 0.6 is 22.9 Å². The summed E-state index contributed by atoms with van der Waals surface area (Å²) in [6.07, 6.45) is 2.33. The number of carbonyl (C=O) groups excluding carboxylic acids is 1. The lowest BCUT2D eigenvalue weighted by atomic mass is 10.1. The maximum atomic E-state index is 13.6. The number of hydrogen-bond acceptors (Lipinski definition) is 5. The van der Waals surface area contributed by atoms with E-state index in [2.05, 4.69) is 4.90 Å². The summed E-state index contributed by atoms with van der Waals surface area (Å²) in [6.45, 7) is 6.05. The first-order valence-electron chi connectivity index (χ1n) is 10.3. The molecular weight excluding hydrogens is 416 g/mol. The van der Waals surface area contributed by atoms with Crippen molar-refractivity contribution in [3.8, 4) is 0 Å². The third-order valence-corrected chi connectivity index (χ3v) is 6.94. The van der Waals surface area contributed by atoms with Gasteiger partial charge in [0.15, 0.2) is 0 Å². The van der Waals surface area contributed by atoms with E-state index in [9.17, 15) is 4.79 Å². The van der Waals surface area contributed by atoms with Crippen LogP contribution in [0.5, 0.6) is 0 Å². The molecule has 0 atom stereocenters. The van der Waals surface area contributed by atoms with Crippen molar-refractivity contribution < 1.29 is 4.79 Å². The van der Waals surface area contributed by atoms with E-state index in [-0.39, 0.29) is 5.91 Å². The summed E-state index contributed by atoms with van der Waals surface area (Å²) in [7, 11) is 4.04. The van der Waals surface area contributed by atoms with Crippen LogP contribution in [-0.4, -0.2) is 52.9 Å². The minimum atomic E-state index is 0.0553. The lowest BCUT2D eigenvalue weighted by molar-refractivity contribution is 0.0736. The van der Waals surface area contributed by atoms with Crippen LogP contribution in [0, 0.1) is 13.8 Å². The van der Waals surface area contributed by atoms with Crippen molar-refractivity contribution in [3.05, 3.63) is 56.8 Å². The normalized spacial score (nSPS) is 13.9. The molecule has 2 heterocycles. The molecule has 0 radical (unpaired) electrons. The number of halogens is 1. The van der Waals surface area contributed by atoms with Gasteiger partial charge in [-0.15, -0.1) is 11.3 Å². The first-order chi connectivity index (χ1) is 14.3. The predicted molar refractivity (Wildman–Crippen MR) is 124 cm³/mol. The highest BCUT2D eigenvalue weighted by Gasteiger charge is 2.29. The van der Waals surface area contributed by atoms with E-state index in [1.54, 1.807) is 0 Å². The molecule has 0 unspecified atom stereocenters. The van der Waals surface area contributed by atoms with Gasteiger partial charge in [0.2, 0.25) is 0 Å². The van der Waals surface area contributed by atoms with E-state index in [1.165, 1.54) is 24.2 Å². The highest BCUT2D eigenvalue weighted by molar-refractivity contribution is 7.20. The summed E-state index contributed by atoms with van der Waals surface area (Å²) in [6, 6.07) is 7.70. The van der Waals surface area contributed by atoms with Gasteiger partial charge in [0.05, 0.1) is 10.6 Å². The van der Waals surface area contributed by atoms with Gasteiger partial charge in [-0.05, 0) is 64.0 Å². The van der Waals surface area contributed by atoms with Crippen molar-refractivity contribution in [2.75, 3.05) is 27.2 Å². The van der Waals surface area contributed by atoms with Gasteiger partial charge in [0.1, 0.15) is 10.7 Å². The van der Waals surface area contributed by atoms with Gasteiger partial charge in [0, 0.05) is 36.0 Å². The van der Waals surface area contributed by atoms with Crippen molar-refractivity contribution >= 4 is 39.1 Å². The summed E-state index contributed by atoms with van der Waals surface area (Å²) in [5.41, 5.74) is 3.04. The number of aromatic nitrogens is 2. The fourth-order valence-electron chi connectivity index (χ4n) is 3.61. The van der Waals surface area contributed by atoms with E-state index in [4.69, 9.17) is 21.6 Å². The molecule has 158 valence electrons. The van der Waals surface area contributed by atoms with Crippen molar-refractivity contribution in [1.29, 1.82) is 0 Å². The Morgan fingerprint density at radius 2 is 1.83 bits per heavy atom. The fraction of sp³-hybridized carbons (Fsp3) is 0.435. The molecule has 30 heavy (non-hydrogen) atoms. The molecule has 4 rings (SSSR count). The highest BCUT2D eigenvalue weighted by Crippen LogP contribution is 2.40. The fourth-order valence-corrected chi connectivity index (χ4v) is 4.95. The number of amides is 1. The zero-order valence-electron chi connectivity index (χ0n) is 17.9. The molecule has 1 aromatic carbocycles. The average Bonchev–Trinajstić information content (AvgIpc) is 3.50. The Hall–Kier alpha value is -2.02. The second kappa shape index (κ2) is 8.61. The number of carbonyl (C=O) groups is 1. The first-order valence-corrected chi connectivity index (χ1v) is 11.5. The van der Waals surface area contributed by atoms with Gasteiger partial charge >= 0.3 is 0 Å². The highest BCUT2D eigenvalue weighted by atomic mass is 35.5. The van der Waals surface area contributed by atoms with Crippen LogP contribution in [0.4, 0.5) is 0 Å². The van der Waals surface area contributed by atoms with Crippen molar-refractivity contribution in [2.45, 2.75) is 39.2 Å². The molecular formula is C23H27ClN4OS. The minimum absolute atomic E-state index is 0.0553. The number of likely N-dealkylation sites (N-methyl/N-ethyl adjacent to an activating group) is 1. The van der Waals surface area contributed by atoms with Gasteiger partial charge in [-0.3, -0.25) is 4.79 Å². The van der Waals surface area contributed by atoms with Crippen LogP contribution in [0.1, 0.15) is 51.1 Å². The molecule has 0 N–H and O–H groups in total. The van der Waals surface area contributed by atoms with Crippen LogP contribution in [0.15, 0.2) is 24.3 Å². The zero-order chi connectivity index (χ0) is 21.4. The largest absolute Gasteiger partial charge is 0.332 e. The van der Waals surface area contributed by atoms with E-state index < -0.39 is 0 Å². The first kappa shape index (κ1) is 21.2. The smallest absolute Gasteiger partial charge is 0.264 e. The van der Waals surface area contributed by atoms with Gasteiger partial charge < -0.3 is 9.80 Å². The summed E-state index contributed by atoms with van der Waals surface area (Å²) >= 11 is 7.54. The molecule has 0 aliphatic heterocycles. The zero-order valence-corrected chi connectivity index (χ0v) is 19.5. The van der Waals surface area contributed by atoms with Gasteiger partial charge in [0.25, 0.3) is 5.91 Å². The Labute approximate surface area is 186 Å². The number of benzene rings is 1. The average molecular weight is 443 g/mol. The maximum Gasteiger partial charge on any atom is 0.264 e. The lowest BCUT2D eigenvalue weighted by Gasteiger charge is -2.24. The van der Waals surface area contributed by atoms with Crippen LogP contribution in [-0.2, 0) is 6.54 Å². The minimum Gasteiger partial charge on any atom is -0.332 e. The number of thiophene rings is 1. The lowest BCUT2D eigenvalue weighted by Crippen LogP contribution is -2.36. The van der Waals surface area contributed by atoms with E-state index in [0.29, 0.717) is 24.0 Å². The van der Waals surface area contributed by atoms with Gasteiger partial charge in [-0.25, -0.2) is 9.97 Å². The number of rotatable bonds is 7. The molecule has 0 saturated heterocycles. The third kappa shape index (κ3) is 4.51. The number of aryl methyl sites for hydroxylation is 2. The van der Waals surface area contributed by atoms with Gasteiger partial charge in [-0.2, -0.15) is 0 Å². The monoisotopic (exact) mass is 442 g/mol. The number of hydrogen-bond donors (Lipinski definition) is 0. The summed E-state index contributed by atoms with van der Waals surface area (Å²) in [5.74, 6) is 1.49. The maximum absolute atomic E-state index is 13.6. The quantitative estimate of drug-likeness (QED) is 0.514. The van der Waals surface area contributed by atoms with Gasteiger partial charge in [-0.1, -0.05) is 23.7 Å². The molecule has 1 saturated carbocycles. The Kier molecular flexibility index (Phi) is 6.09. The van der Waals surface area contributed by atoms with Crippen molar-refractivity contribution in [2.24, 2.45) is 0 Å². The molecule has 2 aromatic heterocycles. The predicted octanol–water partition coefficient (Wildman–Crippen LogP) is 5.04. The van der Waals surface area contributed by atoms with E-state index in [0.717, 1.165) is 44.3 Å². The van der Waals surface area contributed by atoms with Crippen LogP contribution in [0.25, 0.3) is 10.2 Å². The van der Waals surface area contributed by atoms with E-state index in [1.807, 2.05) is 57.1 Å². The third-order valence-electron chi connectivity index (χ3n) is 5.52. The Morgan fingerprint density at radius 3 is 2.47 bits per heavy atom. The Bertz CT molecular complexity index is 1070. The molecule has 1 aliphatic carbocycles. The summed E-state index contributed by atoms with van der Waals surface area (Å²) < 4.78 is 0. The molecule has 0 spiro atoms. The SMILES string of the molecule is Cc1nc(C2CC2)nc2sc(C(=O)N(CCN(C)C)Cc3ccc(Cl)cc3)c(C)c12. The standard InChI is InChI=1S/C23H27ClN4OS/c1-14-19-15(2)25-21(17-7-8-17)26-22(19)30-20(14)23(29)28(12-11-27(3)4)13-16-5-9-18(24)10-6-16/h5-6,9-10,17H,7-8,11-13H2,1-4H3. The van der Waals surface area contributed by atoms with Crippen molar-refractivity contribution in [1.82, 2.24) is 19.8 Å². The molecule has 3 aromatic rings. The molecule has 1 amide bonds. The number of fused-ring (bicyclic) bond motifs is 1. The van der Waals surface area contributed by atoms with Crippen LogP contribution < -0.4 is 0 Å². The second-order valence-electron chi connectivity index (χ2n) is 8.33. The van der Waals surface area contributed by atoms with Crippen LogP contribution in [0.2, 0.25) is 5.02 Å². The topological polar surface area (TPSA) is 49.3 Å². The van der Waals surface area contributed by atoms with Crippen LogP contribution in [0.3, 0.4) is 0 Å². The van der Waals surface area contributed by atoms with E-state index >= 15 is 0 Å². The molecule has 0 bridgehead atoms. The molecule has 7 heteroatoms. The molecule has 1 fully saturated rings.